The molecule has 2 aromatic rings. The Labute approximate surface area is 118 Å². The summed E-state index contributed by atoms with van der Waals surface area (Å²) in [5.74, 6) is 0.300. The molecule has 2 unspecified atom stereocenters. The van der Waals surface area contributed by atoms with Gasteiger partial charge in [-0.2, -0.15) is 0 Å². The zero-order valence-corrected chi connectivity index (χ0v) is 12.0. The molecule has 1 aromatic heterocycles. The highest BCUT2D eigenvalue weighted by Gasteiger charge is 2.26. The molecular formula is C16H19NOS. The van der Waals surface area contributed by atoms with Crippen LogP contribution in [0.25, 0.3) is 0 Å². The molecule has 1 N–H and O–H groups in total. The smallest absolute Gasteiger partial charge is 0.0931 e. The summed E-state index contributed by atoms with van der Waals surface area (Å²) in [4.78, 5) is 4.53. The molecule has 2 atom stereocenters. The van der Waals surface area contributed by atoms with E-state index in [1.807, 2.05) is 13.0 Å². The molecule has 0 fully saturated rings. The van der Waals surface area contributed by atoms with Crippen LogP contribution in [0.5, 0.6) is 0 Å². The van der Waals surface area contributed by atoms with Gasteiger partial charge < -0.3 is 5.11 Å². The van der Waals surface area contributed by atoms with Crippen molar-refractivity contribution in [1.82, 2.24) is 4.98 Å². The first-order valence-corrected chi connectivity index (χ1v) is 7.79. The van der Waals surface area contributed by atoms with Gasteiger partial charge in [-0.05, 0) is 43.2 Å². The Kier molecular flexibility index (Phi) is 3.67. The summed E-state index contributed by atoms with van der Waals surface area (Å²) in [6.45, 7) is 2.03. The lowest BCUT2D eigenvalue weighted by atomic mass is 9.91. The Hall–Kier alpha value is -1.19. The molecule has 2 nitrogen and oxygen atoms in total. The topological polar surface area (TPSA) is 33.1 Å². The van der Waals surface area contributed by atoms with E-state index in [4.69, 9.17) is 0 Å². The van der Waals surface area contributed by atoms with Gasteiger partial charge in [0.25, 0.3) is 0 Å². The van der Waals surface area contributed by atoms with Crippen molar-refractivity contribution in [2.75, 3.05) is 0 Å². The molecule has 0 saturated heterocycles. The fourth-order valence-corrected chi connectivity index (χ4v) is 3.82. The molecule has 0 bridgehead atoms. The minimum atomic E-state index is -0.345. The Balaban J connectivity index is 1.83. The Bertz CT molecular complexity index is 563. The third kappa shape index (κ3) is 2.72. The van der Waals surface area contributed by atoms with Gasteiger partial charge in [0.05, 0.1) is 11.1 Å². The highest BCUT2D eigenvalue weighted by molar-refractivity contribution is 7.09. The Morgan fingerprint density at radius 2 is 2.21 bits per heavy atom. The monoisotopic (exact) mass is 273 g/mol. The average molecular weight is 273 g/mol. The summed E-state index contributed by atoms with van der Waals surface area (Å²) < 4.78 is 0. The van der Waals surface area contributed by atoms with Gasteiger partial charge in [-0.25, -0.2) is 4.98 Å². The molecule has 0 saturated carbocycles. The normalized spacial score (nSPS) is 22.8. The highest BCUT2D eigenvalue weighted by atomic mass is 32.1. The van der Waals surface area contributed by atoms with Gasteiger partial charge in [0.2, 0.25) is 0 Å². The van der Waals surface area contributed by atoms with Crippen LogP contribution in [0.2, 0.25) is 0 Å². The van der Waals surface area contributed by atoms with E-state index in [9.17, 15) is 5.11 Å². The van der Waals surface area contributed by atoms with Gasteiger partial charge in [0, 0.05) is 17.5 Å². The SMILES string of the molecule is Cc1csc(CC2CCCc3ccccc3C2O)n1. The van der Waals surface area contributed by atoms with Crippen LogP contribution in [-0.2, 0) is 12.8 Å². The lowest BCUT2D eigenvalue weighted by Crippen LogP contribution is -2.14. The summed E-state index contributed by atoms with van der Waals surface area (Å²) >= 11 is 1.71. The molecule has 0 spiro atoms. The summed E-state index contributed by atoms with van der Waals surface area (Å²) in [5, 5.41) is 13.9. The van der Waals surface area contributed by atoms with E-state index in [1.165, 1.54) is 5.56 Å². The number of nitrogens with zero attached hydrogens (tertiary/aromatic N) is 1. The van der Waals surface area contributed by atoms with Crippen LogP contribution in [0.15, 0.2) is 29.6 Å². The number of aromatic nitrogens is 1. The van der Waals surface area contributed by atoms with E-state index in [1.54, 1.807) is 11.3 Å². The summed E-state index contributed by atoms with van der Waals surface area (Å²) in [7, 11) is 0. The first kappa shape index (κ1) is 12.8. The quantitative estimate of drug-likeness (QED) is 0.847. The maximum atomic E-state index is 10.6. The van der Waals surface area contributed by atoms with Crippen LogP contribution in [0.4, 0.5) is 0 Å². The van der Waals surface area contributed by atoms with Crippen molar-refractivity contribution in [3.63, 3.8) is 0 Å². The van der Waals surface area contributed by atoms with Crippen molar-refractivity contribution in [3.8, 4) is 0 Å². The molecule has 100 valence electrons. The largest absolute Gasteiger partial charge is 0.388 e. The van der Waals surface area contributed by atoms with Crippen LogP contribution in [0.3, 0.4) is 0 Å². The zero-order chi connectivity index (χ0) is 13.2. The number of hydrogen-bond acceptors (Lipinski definition) is 3. The molecule has 1 aliphatic carbocycles. The van der Waals surface area contributed by atoms with E-state index < -0.39 is 0 Å². The number of aliphatic hydroxyl groups excluding tert-OH is 1. The second-order valence-corrected chi connectivity index (χ2v) is 6.33. The molecule has 3 rings (SSSR count). The molecule has 0 aliphatic heterocycles. The van der Waals surface area contributed by atoms with Crippen LogP contribution in [0, 0.1) is 12.8 Å². The number of aryl methyl sites for hydroxylation is 2. The van der Waals surface area contributed by atoms with Gasteiger partial charge in [0.15, 0.2) is 0 Å². The minimum absolute atomic E-state index is 0.300. The van der Waals surface area contributed by atoms with Crippen molar-refractivity contribution in [2.45, 2.75) is 38.7 Å². The van der Waals surface area contributed by atoms with Crippen molar-refractivity contribution < 1.29 is 5.11 Å². The van der Waals surface area contributed by atoms with Crippen LogP contribution >= 0.6 is 11.3 Å². The third-order valence-corrected chi connectivity index (χ3v) is 4.93. The summed E-state index contributed by atoms with van der Waals surface area (Å²) in [6, 6.07) is 8.31. The van der Waals surface area contributed by atoms with Gasteiger partial charge in [-0.15, -0.1) is 11.3 Å². The van der Waals surface area contributed by atoms with E-state index in [2.05, 4.69) is 28.6 Å². The third-order valence-electron chi connectivity index (χ3n) is 3.94. The molecule has 19 heavy (non-hydrogen) atoms. The fourth-order valence-electron chi connectivity index (χ4n) is 2.95. The standard InChI is InChI=1S/C16H19NOS/c1-11-10-19-15(17-11)9-13-7-4-6-12-5-2-3-8-14(12)16(13)18/h2-3,5,8,10,13,16,18H,4,6-7,9H2,1H3. The van der Waals surface area contributed by atoms with Crippen molar-refractivity contribution in [3.05, 3.63) is 51.5 Å². The molecule has 0 radical (unpaired) electrons. The van der Waals surface area contributed by atoms with Crippen molar-refractivity contribution in [1.29, 1.82) is 0 Å². The fraction of sp³-hybridized carbons (Fsp3) is 0.438. The number of thiazole rings is 1. The summed E-state index contributed by atoms with van der Waals surface area (Å²) in [5.41, 5.74) is 3.52. The van der Waals surface area contributed by atoms with Gasteiger partial charge in [-0.1, -0.05) is 24.3 Å². The first-order valence-electron chi connectivity index (χ1n) is 6.91. The average Bonchev–Trinajstić information content (AvgIpc) is 2.75. The van der Waals surface area contributed by atoms with Gasteiger partial charge in [0.1, 0.15) is 0 Å². The predicted octanol–water partition coefficient (Wildman–Crippen LogP) is 3.68. The Morgan fingerprint density at radius 1 is 1.37 bits per heavy atom. The lowest BCUT2D eigenvalue weighted by Gasteiger charge is -2.20. The molecule has 0 amide bonds. The highest BCUT2D eigenvalue weighted by Crippen LogP contribution is 2.35. The van der Waals surface area contributed by atoms with Crippen LogP contribution in [0.1, 0.15) is 40.8 Å². The second kappa shape index (κ2) is 5.43. The van der Waals surface area contributed by atoms with E-state index in [0.717, 1.165) is 41.9 Å². The predicted molar refractivity (Wildman–Crippen MR) is 78.4 cm³/mol. The number of hydrogen-bond donors (Lipinski definition) is 1. The van der Waals surface area contributed by atoms with Gasteiger partial charge in [-0.3, -0.25) is 0 Å². The molecule has 1 aromatic carbocycles. The maximum absolute atomic E-state index is 10.6. The van der Waals surface area contributed by atoms with E-state index in [0.29, 0.717) is 5.92 Å². The van der Waals surface area contributed by atoms with Crippen LogP contribution < -0.4 is 0 Å². The molecular weight excluding hydrogens is 254 g/mol. The van der Waals surface area contributed by atoms with Crippen LogP contribution in [-0.4, -0.2) is 10.1 Å². The van der Waals surface area contributed by atoms with E-state index >= 15 is 0 Å². The van der Waals surface area contributed by atoms with Crippen molar-refractivity contribution in [2.24, 2.45) is 5.92 Å². The lowest BCUT2D eigenvalue weighted by molar-refractivity contribution is 0.105. The number of fused-ring (bicyclic) bond motifs is 1. The number of rotatable bonds is 2. The van der Waals surface area contributed by atoms with Crippen molar-refractivity contribution >= 4 is 11.3 Å². The van der Waals surface area contributed by atoms with Gasteiger partial charge >= 0.3 is 0 Å². The zero-order valence-electron chi connectivity index (χ0n) is 11.2. The molecule has 1 aliphatic rings. The molecule has 3 heteroatoms. The van der Waals surface area contributed by atoms with E-state index in [-0.39, 0.29) is 6.10 Å². The maximum Gasteiger partial charge on any atom is 0.0931 e. The first-order chi connectivity index (χ1) is 9.24. The Morgan fingerprint density at radius 3 is 3.00 bits per heavy atom. The second-order valence-electron chi connectivity index (χ2n) is 5.38. The number of benzene rings is 1. The minimum Gasteiger partial charge on any atom is -0.388 e. The number of aliphatic hydroxyl groups is 1. The summed E-state index contributed by atoms with van der Waals surface area (Å²) in [6.07, 6.45) is 3.87. The molecule has 1 heterocycles.